The Morgan fingerprint density at radius 1 is 1.79 bits per heavy atom. The predicted molar refractivity (Wildman–Crippen MR) is 51.2 cm³/mol. The smallest absolute Gasteiger partial charge is 0.227 e. The van der Waals surface area contributed by atoms with Crippen molar-refractivity contribution < 1.29 is 14.3 Å². The van der Waals surface area contributed by atoms with Crippen LogP contribution in [0.4, 0.5) is 0 Å². The van der Waals surface area contributed by atoms with Gasteiger partial charge in [-0.3, -0.25) is 4.79 Å². The molecule has 0 radical (unpaired) electrons. The molecule has 1 heterocycles. The molecular formula is C10H12O4. The van der Waals surface area contributed by atoms with E-state index in [1.807, 2.05) is 0 Å². The van der Waals surface area contributed by atoms with E-state index >= 15 is 0 Å². The third-order valence-electron chi connectivity index (χ3n) is 1.65. The second-order valence-electron chi connectivity index (χ2n) is 2.79. The topological polar surface area (TPSA) is 59.7 Å². The molecule has 0 bridgehead atoms. The Morgan fingerprint density at radius 3 is 3.00 bits per heavy atom. The predicted octanol–water partition coefficient (Wildman–Crippen LogP) is 1.09. The van der Waals surface area contributed by atoms with Gasteiger partial charge in [0.15, 0.2) is 0 Å². The van der Waals surface area contributed by atoms with Crippen molar-refractivity contribution in [2.45, 2.75) is 19.6 Å². The Balaban J connectivity index is 2.89. The summed E-state index contributed by atoms with van der Waals surface area (Å²) in [6.45, 7) is 4.98. The van der Waals surface area contributed by atoms with Gasteiger partial charge in [-0.15, -0.1) is 0 Å². The van der Waals surface area contributed by atoms with Crippen LogP contribution in [-0.2, 0) is 6.61 Å². The van der Waals surface area contributed by atoms with Gasteiger partial charge in [-0.1, -0.05) is 12.7 Å². The Labute approximate surface area is 81.4 Å². The Kier molecular flexibility index (Phi) is 3.48. The molecule has 0 saturated carbocycles. The van der Waals surface area contributed by atoms with E-state index in [0.29, 0.717) is 0 Å². The maximum atomic E-state index is 11.3. The summed E-state index contributed by atoms with van der Waals surface area (Å²) in [5.41, 5.74) is -0.311. The van der Waals surface area contributed by atoms with Gasteiger partial charge in [-0.05, 0) is 6.92 Å². The minimum Gasteiger partial charge on any atom is -0.480 e. The number of ether oxygens (including phenoxy) is 1. The number of aliphatic hydroxyl groups excluding tert-OH is 1. The molecule has 0 amide bonds. The molecule has 1 N–H and O–H groups in total. The van der Waals surface area contributed by atoms with Gasteiger partial charge < -0.3 is 14.3 Å². The summed E-state index contributed by atoms with van der Waals surface area (Å²) in [6.07, 6.45) is 2.51. The summed E-state index contributed by atoms with van der Waals surface area (Å²) in [5, 5.41) is 8.69. The van der Waals surface area contributed by atoms with Gasteiger partial charge in [0.05, 0.1) is 0 Å². The molecule has 1 rings (SSSR count). The summed E-state index contributed by atoms with van der Waals surface area (Å²) in [7, 11) is 0. The number of hydrogen-bond donors (Lipinski definition) is 1. The highest BCUT2D eigenvalue weighted by atomic mass is 16.5. The standard InChI is InChI=1S/C10H12O4/c1-3-7(2)14-10-6-13-8(5-11)4-9(10)12/h3-4,6-7,11H,1,5H2,2H3. The van der Waals surface area contributed by atoms with Gasteiger partial charge in [0.1, 0.15) is 24.7 Å². The van der Waals surface area contributed by atoms with Crippen molar-refractivity contribution in [1.29, 1.82) is 0 Å². The molecule has 4 heteroatoms. The van der Waals surface area contributed by atoms with Crippen molar-refractivity contribution >= 4 is 0 Å². The Hall–Kier alpha value is -1.55. The van der Waals surface area contributed by atoms with E-state index < -0.39 is 0 Å². The first-order valence-corrected chi connectivity index (χ1v) is 4.19. The fraction of sp³-hybridized carbons (Fsp3) is 0.300. The third kappa shape index (κ3) is 2.47. The van der Waals surface area contributed by atoms with E-state index in [4.69, 9.17) is 14.3 Å². The minimum atomic E-state index is -0.311. The third-order valence-corrected chi connectivity index (χ3v) is 1.65. The normalized spacial score (nSPS) is 12.1. The summed E-state index contributed by atoms with van der Waals surface area (Å²) >= 11 is 0. The molecule has 1 aromatic rings. The van der Waals surface area contributed by atoms with Crippen LogP contribution < -0.4 is 10.2 Å². The molecule has 1 unspecified atom stereocenters. The van der Waals surface area contributed by atoms with Gasteiger partial charge >= 0.3 is 0 Å². The van der Waals surface area contributed by atoms with Gasteiger partial charge in [0.25, 0.3) is 0 Å². The molecule has 0 aliphatic carbocycles. The average molecular weight is 196 g/mol. The summed E-state index contributed by atoms with van der Waals surface area (Å²) in [5.74, 6) is 0.336. The molecule has 14 heavy (non-hydrogen) atoms. The van der Waals surface area contributed by atoms with Crippen LogP contribution in [0.25, 0.3) is 0 Å². The van der Waals surface area contributed by atoms with E-state index in [2.05, 4.69) is 6.58 Å². The molecular weight excluding hydrogens is 184 g/mol. The highest BCUT2D eigenvalue weighted by Crippen LogP contribution is 2.08. The molecule has 1 atom stereocenters. The lowest BCUT2D eigenvalue weighted by atomic mass is 10.3. The second kappa shape index (κ2) is 4.62. The van der Waals surface area contributed by atoms with Crippen LogP contribution in [0.2, 0.25) is 0 Å². The zero-order chi connectivity index (χ0) is 10.6. The molecule has 76 valence electrons. The molecule has 1 aromatic heterocycles. The van der Waals surface area contributed by atoms with Crippen molar-refractivity contribution in [2.24, 2.45) is 0 Å². The van der Waals surface area contributed by atoms with Crippen LogP contribution in [0.15, 0.2) is 34.2 Å². The SMILES string of the molecule is C=CC(C)Oc1coc(CO)cc1=O. The monoisotopic (exact) mass is 196 g/mol. The number of aliphatic hydroxyl groups is 1. The van der Waals surface area contributed by atoms with Gasteiger partial charge in [0.2, 0.25) is 11.2 Å². The van der Waals surface area contributed by atoms with Crippen LogP contribution in [0.1, 0.15) is 12.7 Å². The fourth-order valence-corrected chi connectivity index (χ4v) is 0.856. The van der Waals surface area contributed by atoms with Gasteiger partial charge in [0, 0.05) is 6.07 Å². The van der Waals surface area contributed by atoms with Crippen molar-refractivity contribution in [1.82, 2.24) is 0 Å². The minimum absolute atomic E-state index is 0.120. The maximum Gasteiger partial charge on any atom is 0.227 e. The molecule has 0 saturated heterocycles. The summed E-state index contributed by atoms with van der Waals surface area (Å²) in [4.78, 5) is 11.3. The first kappa shape index (κ1) is 10.5. The quantitative estimate of drug-likeness (QED) is 0.732. The van der Waals surface area contributed by atoms with Crippen LogP contribution in [0.5, 0.6) is 5.75 Å². The summed E-state index contributed by atoms with van der Waals surface area (Å²) < 4.78 is 10.1. The highest BCUT2D eigenvalue weighted by Gasteiger charge is 2.06. The molecule has 0 aromatic carbocycles. The fourth-order valence-electron chi connectivity index (χ4n) is 0.856. The molecule has 4 nitrogen and oxygen atoms in total. The molecule has 0 aliphatic rings. The van der Waals surface area contributed by atoms with Crippen molar-refractivity contribution in [3.05, 3.63) is 41.0 Å². The van der Waals surface area contributed by atoms with Gasteiger partial charge in [-0.2, -0.15) is 0 Å². The van der Waals surface area contributed by atoms with E-state index in [1.54, 1.807) is 13.0 Å². The van der Waals surface area contributed by atoms with Crippen LogP contribution in [-0.4, -0.2) is 11.2 Å². The molecule has 0 aliphatic heterocycles. The van der Waals surface area contributed by atoms with Crippen molar-refractivity contribution in [3.63, 3.8) is 0 Å². The van der Waals surface area contributed by atoms with Crippen LogP contribution in [0, 0.1) is 0 Å². The number of rotatable bonds is 4. The van der Waals surface area contributed by atoms with Gasteiger partial charge in [-0.25, -0.2) is 0 Å². The maximum absolute atomic E-state index is 11.3. The van der Waals surface area contributed by atoms with Crippen molar-refractivity contribution in [3.8, 4) is 5.75 Å². The van der Waals surface area contributed by atoms with E-state index in [0.717, 1.165) is 0 Å². The van der Waals surface area contributed by atoms with E-state index in [1.165, 1.54) is 12.3 Å². The average Bonchev–Trinajstić information content (AvgIpc) is 2.20. The lowest BCUT2D eigenvalue weighted by Crippen LogP contribution is -2.14. The van der Waals surface area contributed by atoms with Crippen LogP contribution >= 0.6 is 0 Å². The zero-order valence-corrected chi connectivity index (χ0v) is 7.90. The molecule has 0 spiro atoms. The first-order chi connectivity index (χ1) is 6.67. The largest absolute Gasteiger partial charge is 0.480 e. The molecule has 0 fully saturated rings. The van der Waals surface area contributed by atoms with E-state index in [-0.39, 0.29) is 29.6 Å². The van der Waals surface area contributed by atoms with Crippen molar-refractivity contribution in [2.75, 3.05) is 0 Å². The lowest BCUT2D eigenvalue weighted by Gasteiger charge is -2.08. The highest BCUT2D eigenvalue weighted by molar-refractivity contribution is 5.18. The number of hydrogen-bond acceptors (Lipinski definition) is 4. The lowest BCUT2D eigenvalue weighted by molar-refractivity contribution is 0.230. The summed E-state index contributed by atoms with van der Waals surface area (Å²) in [6, 6.07) is 1.20. The second-order valence-corrected chi connectivity index (χ2v) is 2.79. The Bertz CT molecular complexity index is 367. The Morgan fingerprint density at radius 2 is 2.50 bits per heavy atom. The zero-order valence-electron chi connectivity index (χ0n) is 7.90. The first-order valence-electron chi connectivity index (χ1n) is 4.19. The van der Waals surface area contributed by atoms with E-state index in [9.17, 15) is 4.79 Å². The van der Waals surface area contributed by atoms with Crippen LogP contribution in [0.3, 0.4) is 0 Å².